The average molecular weight is 429 g/mol. The molecule has 4 rings (SSSR count). The van der Waals surface area contributed by atoms with Crippen LogP contribution in [0.3, 0.4) is 0 Å². The molecule has 0 saturated carbocycles. The van der Waals surface area contributed by atoms with Gasteiger partial charge in [-0.25, -0.2) is 0 Å². The molecule has 2 aromatic carbocycles. The van der Waals surface area contributed by atoms with E-state index in [9.17, 15) is 4.79 Å². The zero-order chi connectivity index (χ0) is 20.4. The van der Waals surface area contributed by atoms with Crippen molar-refractivity contribution in [2.24, 2.45) is 0 Å². The summed E-state index contributed by atoms with van der Waals surface area (Å²) in [4.78, 5) is 16.1. The zero-order valence-electron chi connectivity index (χ0n) is 16.7. The molecule has 6 heteroatoms. The number of aromatic nitrogens is 1. The van der Waals surface area contributed by atoms with Crippen molar-refractivity contribution in [1.29, 1.82) is 0 Å². The predicted molar refractivity (Wildman–Crippen MR) is 120 cm³/mol. The minimum atomic E-state index is 0.0783. The summed E-state index contributed by atoms with van der Waals surface area (Å²) in [7, 11) is 0. The molecular formula is C23H25ClN2O2S. The van der Waals surface area contributed by atoms with E-state index in [1.165, 1.54) is 15.8 Å². The molecule has 2 atom stereocenters. The Morgan fingerprint density at radius 1 is 1.10 bits per heavy atom. The Labute approximate surface area is 180 Å². The molecule has 2 unspecified atom stereocenters. The van der Waals surface area contributed by atoms with Crippen LogP contribution in [0.25, 0.3) is 10.9 Å². The molecule has 1 saturated heterocycles. The number of para-hydroxylation sites is 1. The molecule has 1 aliphatic rings. The first-order chi connectivity index (χ1) is 14.0. The smallest absolute Gasteiger partial charge is 0.242 e. The number of hydrogen-bond acceptors (Lipinski definition) is 3. The Kier molecular flexibility index (Phi) is 6.18. The third-order valence-corrected chi connectivity index (χ3v) is 6.50. The van der Waals surface area contributed by atoms with E-state index in [0.29, 0.717) is 19.6 Å². The molecule has 0 spiro atoms. The van der Waals surface area contributed by atoms with Crippen molar-refractivity contribution in [2.75, 3.05) is 13.1 Å². The second-order valence-corrected chi connectivity index (χ2v) is 9.06. The third kappa shape index (κ3) is 4.80. The summed E-state index contributed by atoms with van der Waals surface area (Å²) in [6, 6.07) is 16.2. The van der Waals surface area contributed by atoms with Gasteiger partial charge in [-0.1, -0.05) is 41.9 Å². The van der Waals surface area contributed by atoms with E-state index in [1.807, 2.05) is 43.0 Å². The molecule has 0 bridgehead atoms. The van der Waals surface area contributed by atoms with Crippen LogP contribution in [0.15, 0.2) is 59.6 Å². The van der Waals surface area contributed by atoms with E-state index < -0.39 is 0 Å². The van der Waals surface area contributed by atoms with Crippen molar-refractivity contribution in [3.05, 3.63) is 65.3 Å². The quantitative estimate of drug-likeness (QED) is 0.522. The van der Waals surface area contributed by atoms with Crippen LogP contribution in [0, 0.1) is 0 Å². The highest BCUT2D eigenvalue weighted by atomic mass is 35.5. The standard InChI is InChI=1S/C23H25ClN2O2S/c1-16-11-26(12-17(2)28-16)23(27)14-25-13-22(20-5-3-4-6-21(20)25)29-15-18-7-9-19(24)10-8-18/h3-10,13,16-17H,11-12,14-15H2,1-2H3. The lowest BCUT2D eigenvalue weighted by atomic mass is 10.2. The fraction of sp³-hybridized carbons (Fsp3) is 0.348. The number of thioether (sulfide) groups is 1. The number of halogens is 1. The Morgan fingerprint density at radius 3 is 2.52 bits per heavy atom. The van der Waals surface area contributed by atoms with Crippen LogP contribution in [-0.2, 0) is 21.8 Å². The number of benzene rings is 2. The number of morpholine rings is 1. The van der Waals surface area contributed by atoms with Crippen molar-refractivity contribution in [2.45, 2.75) is 43.2 Å². The molecule has 1 aliphatic heterocycles. The number of carbonyl (C=O) groups is 1. The number of nitrogens with zero attached hydrogens (tertiary/aromatic N) is 2. The molecule has 29 heavy (non-hydrogen) atoms. The first-order valence-electron chi connectivity index (χ1n) is 9.88. The molecule has 1 amide bonds. The van der Waals surface area contributed by atoms with Crippen molar-refractivity contribution in [1.82, 2.24) is 9.47 Å². The summed E-state index contributed by atoms with van der Waals surface area (Å²) >= 11 is 7.77. The molecule has 0 aliphatic carbocycles. The molecule has 0 radical (unpaired) electrons. The van der Waals surface area contributed by atoms with Crippen LogP contribution in [0.4, 0.5) is 0 Å². The molecule has 152 valence electrons. The van der Waals surface area contributed by atoms with Gasteiger partial charge in [0.05, 0.1) is 12.2 Å². The van der Waals surface area contributed by atoms with Gasteiger partial charge in [0.1, 0.15) is 6.54 Å². The minimum Gasteiger partial charge on any atom is -0.372 e. The van der Waals surface area contributed by atoms with Crippen LogP contribution in [0.5, 0.6) is 0 Å². The Hall–Kier alpha value is -1.95. The van der Waals surface area contributed by atoms with Gasteiger partial charge in [-0.05, 0) is 37.6 Å². The van der Waals surface area contributed by atoms with E-state index in [2.05, 4.69) is 35.0 Å². The second kappa shape index (κ2) is 8.82. The van der Waals surface area contributed by atoms with Crippen molar-refractivity contribution >= 4 is 40.2 Å². The van der Waals surface area contributed by atoms with Gasteiger partial charge in [0.25, 0.3) is 0 Å². The van der Waals surface area contributed by atoms with E-state index in [4.69, 9.17) is 16.3 Å². The summed E-state index contributed by atoms with van der Waals surface area (Å²) in [5, 5.41) is 1.93. The van der Waals surface area contributed by atoms with Crippen molar-refractivity contribution < 1.29 is 9.53 Å². The van der Waals surface area contributed by atoms with Crippen LogP contribution < -0.4 is 0 Å². The Balaban J connectivity index is 1.52. The molecule has 1 aromatic heterocycles. The SMILES string of the molecule is CC1CN(C(=O)Cn2cc(SCc3ccc(Cl)cc3)c3ccccc32)CC(C)O1. The highest BCUT2D eigenvalue weighted by Gasteiger charge is 2.26. The molecule has 0 N–H and O–H groups in total. The van der Waals surface area contributed by atoms with Gasteiger partial charge >= 0.3 is 0 Å². The van der Waals surface area contributed by atoms with Crippen LogP contribution in [0.2, 0.25) is 5.02 Å². The molecule has 4 nitrogen and oxygen atoms in total. The maximum atomic E-state index is 13.0. The third-order valence-electron chi connectivity index (χ3n) is 5.14. The van der Waals surface area contributed by atoms with Crippen molar-refractivity contribution in [3.8, 4) is 0 Å². The maximum Gasteiger partial charge on any atom is 0.242 e. The minimum absolute atomic E-state index is 0.0783. The van der Waals surface area contributed by atoms with Crippen molar-refractivity contribution in [3.63, 3.8) is 0 Å². The van der Waals surface area contributed by atoms with E-state index in [0.717, 1.165) is 16.3 Å². The monoisotopic (exact) mass is 428 g/mol. The van der Waals surface area contributed by atoms with Crippen LogP contribution in [0.1, 0.15) is 19.4 Å². The maximum absolute atomic E-state index is 13.0. The highest BCUT2D eigenvalue weighted by molar-refractivity contribution is 7.98. The number of ether oxygens (including phenoxy) is 1. The fourth-order valence-corrected chi connectivity index (χ4v) is 5.00. The molecular weight excluding hydrogens is 404 g/mol. The molecule has 2 heterocycles. The first-order valence-corrected chi connectivity index (χ1v) is 11.2. The Morgan fingerprint density at radius 2 is 1.79 bits per heavy atom. The summed E-state index contributed by atoms with van der Waals surface area (Å²) in [5.74, 6) is 0.999. The number of rotatable bonds is 5. The first kappa shape index (κ1) is 20.3. The lowest BCUT2D eigenvalue weighted by Crippen LogP contribution is -2.49. The van der Waals surface area contributed by atoms with Gasteiger partial charge in [-0.15, -0.1) is 11.8 Å². The summed E-state index contributed by atoms with van der Waals surface area (Å²) < 4.78 is 7.84. The topological polar surface area (TPSA) is 34.5 Å². The number of amides is 1. The van der Waals surface area contributed by atoms with Crippen LogP contribution in [-0.4, -0.2) is 40.7 Å². The largest absolute Gasteiger partial charge is 0.372 e. The van der Waals surface area contributed by atoms with E-state index in [-0.39, 0.29) is 18.1 Å². The van der Waals surface area contributed by atoms with Gasteiger partial charge in [0.2, 0.25) is 5.91 Å². The van der Waals surface area contributed by atoms with Gasteiger partial charge < -0.3 is 14.2 Å². The normalized spacial score (nSPS) is 19.6. The van der Waals surface area contributed by atoms with E-state index >= 15 is 0 Å². The van der Waals surface area contributed by atoms with Gasteiger partial charge in [0.15, 0.2) is 0 Å². The zero-order valence-corrected chi connectivity index (χ0v) is 18.2. The number of hydrogen-bond donors (Lipinski definition) is 0. The Bertz CT molecular complexity index is 992. The summed E-state index contributed by atoms with van der Waals surface area (Å²) in [6.45, 7) is 5.70. The molecule has 3 aromatic rings. The fourth-order valence-electron chi connectivity index (χ4n) is 3.83. The van der Waals surface area contributed by atoms with E-state index in [1.54, 1.807) is 11.8 Å². The van der Waals surface area contributed by atoms with Crippen LogP contribution >= 0.6 is 23.4 Å². The van der Waals surface area contributed by atoms with Gasteiger partial charge in [-0.3, -0.25) is 4.79 Å². The number of carbonyl (C=O) groups excluding carboxylic acids is 1. The highest BCUT2D eigenvalue weighted by Crippen LogP contribution is 2.32. The van der Waals surface area contributed by atoms with Gasteiger partial charge in [0, 0.05) is 45.9 Å². The molecule has 1 fully saturated rings. The number of fused-ring (bicyclic) bond motifs is 1. The summed E-state index contributed by atoms with van der Waals surface area (Å²) in [6.07, 6.45) is 2.26. The predicted octanol–water partition coefficient (Wildman–Crippen LogP) is 5.22. The lowest BCUT2D eigenvalue weighted by molar-refractivity contribution is -0.143. The second-order valence-electron chi connectivity index (χ2n) is 7.61. The van der Waals surface area contributed by atoms with Gasteiger partial charge in [-0.2, -0.15) is 0 Å². The summed E-state index contributed by atoms with van der Waals surface area (Å²) in [5.41, 5.74) is 2.32. The average Bonchev–Trinajstić information content (AvgIpc) is 3.04. The lowest BCUT2D eigenvalue weighted by Gasteiger charge is -2.35.